The van der Waals surface area contributed by atoms with Gasteiger partial charge in [0.1, 0.15) is 0 Å². The van der Waals surface area contributed by atoms with Crippen LogP contribution in [-0.4, -0.2) is 4.98 Å². The van der Waals surface area contributed by atoms with Crippen LogP contribution in [-0.2, 0) is 6.54 Å². The first-order chi connectivity index (χ1) is 8.16. The molecule has 0 aliphatic rings. The summed E-state index contributed by atoms with van der Waals surface area (Å²) in [4.78, 5) is 4.13. The lowest BCUT2D eigenvalue weighted by molar-refractivity contribution is 1.08. The van der Waals surface area contributed by atoms with E-state index in [0.717, 1.165) is 16.7 Å². The first-order valence-electron chi connectivity index (χ1n) is 5.56. The van der Waals surface area contributed by atoms with E-state index in [4.69, 9.17) is 0 Å². The highest BCUT2D eigenvalue weighted by Gasteiger charge is 2.02. The Kier molecular flexibility index (Phi) is 3.79. The first kappa shape index (κ1) is 12.1. The van der Waals surface area contributed by atoms with E-state index in [1.165, 1.54) is 16.7 Å². The number of benzene rings is 1. The van der Waals surface area contributed by atoms with E-state index in [0.29, 0.717) is 0 Å². The van der Waals surface area contributed by atoms with Crippen LogP contribution in [0.1, 0.15) is 16.7 Å². The summed E-state index contributed by atoms with van der Waals surface area (Å²) in [6.45, 7) is 5.11. The normalized spacial score (nSPS) is 10.3. The summed E-state index contributed by atoms with van der Waals surface area (Å²) in [6, 6.07) is 8.40. The minimum atomic E-state index is 0.830. The Labute approximate surface area is 110 Å². The number of aryl methyl sites for hydroxylation is 2. The van der Waals surface area contributed by atoms with Crippen LogP contribution >= 0.6 is 15.9 Å². The molecule has 0 spiro atoms. The molecule has 1 aromatic carbocycles. The topological polar surface area (TPSA) is 24.9 Å². The second kappa shape index (κ2) is 5.32. The van der Waals surface area contributed by atoms with Crippen LogP contribution in [0.4, 0.5) is 5.69 Å². The Morgan fingerprint density at radius 1 is 1.18 bits per heavy atom. The predicted molar refractivity (Wildman–Crippen MR) is 75.2 cm³/mol. The van der Waals surface area contributed by atoms with Gasteiger partial charge in [0, 0.05) is 17.2 Å². The predicted octanol–water partition coefficient (Wildman–Crippen LogP) is 4.07. The lowest BCUT2D eigenvalue weighted by Crippen LogP contribution is -2.03. The van der Waals surface area contributed by atoms with Gasteiger partial charge < -0.3 is 5.32 Å². The molecule has 1 heterocycles. The molecule has 2 aromatic rings. The number of rotatable bonds is 3. The van der Waals surface area contributed by atoms with Gasteiger partial charge in [0.2, 0.25) is 0 Å². The fourth-order valence-electron chi connectivity index (χ4n) is 1.83. The zero-order valence-electron chi connectivity index (χ0n) is 10.00. The molecule has 0 amide bonds. The maximum atomic E-state index is 4.13. The van der Waals surface area contributed by atoms with Crippen molar-refractivity contribution < 1.29 is 0 Å². The van der Waals surface area contributed by atoms with Gasteiger partial charge in [0.25, 0.3) is 0 Å². The monoisotopic (exact) mass is 290 g/mol. The number of anilines is 1. The molecule has 0 unspecified atom stereocenters. The van der Waals surface area contributed by atoms with E-state index in [2.05, 4.69) is 58.3 Å². The molecule has 17 heavy (non-hydrogen) atoms. The summed E-state index contributed by atoms with van der Waals surface area (Å²) in [5.41, 5.74) is 5.02. The molecule has 3 heteroatoms. The summed E-state index contributed by atoms with van der Waals surface area (Å²) in [5.74, 6) is 0. The van der Waals surface area contributed by atoms with Gasteiger partial charge in [-0.15, -0.1) is 0 Å². The van der Waals surface area contributed by atoms with E-state index in [-0.39, 0.29) is 0 Å². The minimum Gasteiger partial charge on any atom is -0.380 e. The molecule has 0 radical (unpaired) electrons. The number of nitrogens with one attached hydrogen (secondary N) is 1. The zero-order chi connectivity index (χ0) is 12.3. The van der Waals surface area contributed by atoms with Gasteiger partial charge >= 0.3 is 0 Å². The summed E-state index contributed by atoms with van der Waals surface area (Å²) in [5, 5.41) is 3.39. The van der Waals surface area contributed by atoms with Gasteiger partial charge in [-0.3, -0.25) is 4.98 Å². The average molecular weight is 291 g/mol. The van der Waals surface area contributed by atoms with Gasteiger partial charge in [0.15, 0.2) is 0 Å². The highest BCUT2D eigenvalue weighted by Crippen LogP contribution is 2.17. The highest BCUT2D eigenvalue weighted by molar-refractivity contribution is 9.10. The SMILES string of the molecule is Cc1cccc(C)c1CNc1cncc(Br)c1. The Bertz CT molecular complexity index is 503. The number of halogens is 1. The quantitative estimate of drug-likeness (QED) is 0.922. The molecule has 0 bridgehead atoms. The number of hydrogen-bond donors (Lipinski definition) is 1. The van der Waals surface area contributed by atoms with Crippen LogP contribution in [0.25, 0.3) is 0 Å². The largest absolute Gasteiger partial charge is 0.380 e. The zero-order valence-corrected chi connectivity index (χ0v) is 11.6. The number of aromatic nitrogens is 1. The average Bonchev–Trinajstić information content (AvgIpc) is 2.28. The second-order valence-corrected chi connectivity index (χ2v) is 5.03. The van der Waals surface area contributed by atoms with Crippen molar-refractivity contribution in [2.24, 2.45) is 0 Å². The third kappa shape index (κ3) is 3.07. The number of nitrogens with zero attached hydrogens (tertiary/aromatic N) is 1. The van der Waals surface area contributed by atoms with Gasteiger partial charge in [-0.2, -0.15) is 0 Å². The molecule has 0 aliphatic carbocycles. The highest BCUT2D eigenvalue weighted by atomic mass is 79.9. The molecule has 0 saturated heterocycles. The van der Waals surface area contributed by atoms with Crippen LogP contribution in [0, 0.1) is 13.8 Å². The smallest absolute Gasteiger partial charge is 0.0540 e. The molecule has 2 nitrogen and oxygen atoms in total. The van der Waals surface area contributed by atoms with Crippen LogP contribution in [0.3, 0.4) is 0 Å². The molecule has 0 fully saturated rings. The van der Waals surface area contributed by atoms with Crippen LogP contribution < -0.4 is 5.32 Å². The fourth-order valence-corrected chi connectivity index (χ4v) is 2.19. The van der Waals surface area contributed by atoms with E-state index >= 15 is 0 Å². The van der Waals surface area contributed by atoms with Crippen molar-refractivity contribution in [2.75, 3.05) is 5.32 Å². The Hall–Kier alpha value is -1.35. The maximum Gasteiger partial charge on any atom is 0.0540 e. The van der Waals surface area contributed by atoms with E-state index in [1.807, 2.05) is 12.3 Å². The Balaban J connectivity index is 2.13. The van der Waals surface area contributed by atoms with Crippen molar-refractivity contribution >= 4 is 21.6 Å². The van der Waals surface area contributed by atoms with Crippen molar-refractivity contribution in [3.63, 3.8) is 0 Å². The molecule has 0 saturated carbocycles. The third-order valence-corrected chi connectivity index (χ3v) is 3.25. The van der Waals surface area contributed by atoms with Crippen molar-refractivity contribution in [3.8, 4) is 0 Å². The van der Waals surface area contributed by atoms with Crippen molar-refractivity contribution in [3.05, 3.63) is 57.8 Å². The molecular formula is C14H15BrN2. The van der Waals surface area contributed by atoms with Gasteiger partial charge in [-0.05, 0) is 52.5 Å². The molecule has 88 valence electrons. The van der Waals surface area contributed by atoms with E-state index in [9.17, 15) is 0 Å². The fraction of sp³-hybridized carbons (Fsp3) is 0.214. The van der Waals surface area contributed by atoms with E-state index < -0.39 is 0 Å². The summed E-state index contributed by atoms with van der Waals surface area (Å²) in [6.07, 6.45) is 3.61. The Morgan fingerprint density at radius 3 is 2.53 bits per heavy atom. The summed E-state index contributed by atoms with van der Waals surface area (Å²) >= 11 is 3.41. The van der Waals surface area contributed by atoms with Crippen LogP contribution in [0.15, 0.2) is 41.1 Å². The van der Waals surface area contributed by atoms with Crippen molar-refractivity contribution in [1.29, 1.82) is 0 Å². The standard InChI is InChI=1S/C14H15BrN2/c1-10-4-3-5-11(2)14(10)9-17-13-6-12(15)7-16-8-13/h3-8,17H,9H2,1-2H3. The number of pyridine rings is 1. The lowest BCUT2D eigenvalue weighted by atomic mass is 10.0. The molecule has 0 atom stereocenters. The number of hydrogen-bond acceptors (Lipinski definition) is 2. The van der Waals surface area contributed by atoms with Crippen molar-refractivity contribution in [2.45, 2.75) is 20.4 Å². The van der Waals surface area contributed by atoms with Gasteiger partial charge in [-0.25, -0.2) is 0 Å². The van der Waals surface area contributed by atoms with Gasteiger partial charge in [-0.1, -0.05) is 18.2 Å². The summed E-state index contributed by atoms with van der Waals surface area (Å²) in [7, 11) is 0. The molecule has 0 aliphatic heterocycles. The second-order valence-electron chi connectivity index (χ2n) is 4.12. The van der Waals surface area contributed by atoms with Crippen LogP contribution in [0.2, 0.25) is 0 Å². The first-order valence-corrected chi connectivity index (χ1v) is 6.35. The summed E-state index contributed by atoms with van der Waals surface area (Å²) < 4.78 is 0.990. The van der Waals surface area contributed by atoms with Crippen LogP contribution in [0.5, 0.6) is 0 Å². The lowest BCUT2D eigenvalue weighted by Gasteiger charge is -2.11. The Morgan fingerprint density at radius 2 is 1.88 bits per heavy atom. The molecule has 1 N–H and O–H groups in total. The molecule has 1 aromatic heterocycles. The maximum absolute atomic E-state index is 4.13. The molecular weight excluding hydrogens is 276 g/mol. The van der Waals surface area contributed by atoms with Gasteiger partial charge in [0.05, 0.1) is 11.9 Å². The van der Waals surface area contributed by atoms with E-state index in [1.54, 1.807) is 6.20 Å². The molecule has 2 rings (SSSR count). The third-order valence-electron chi connectivity index (χ3n) is 2.82. The minimum absolute atomic E-state index is 0.830. The van der Waals surface area contributed by atoms with Crippen molar-refractivity contribution in [1.82, 2.24) is 4.98 Å².